The average Bonchev–Trinajstić information content (AvgIpc) is 2.50. The summed E-state index contributed by atoms with van der Waals surface area (Å²) in [6.07, 6.45) is 9.24. The van der Waals surface area contributed by atoms with Crippen molar-refractivity contribution in [3.63, 3.8) is 0 Å². The zero-order valence-corrected chi connectivity index (χ0v) is 15.8. The molecule has 1 N–H and O–H groups in total. The molecule has 128 valence electrons. The molecule has 1 saturated carbocycles. The van der Waals surface area contributed by atoms with E-state index in [9.17, 15) is 5.11 Å². The van der Waals surface area contributed by atoms with Gasteiger partial charge in [0.2, 0.25) is 0 Å². The van der Waals surface area contributed by atoms with Gasteiger partial charge >= 0.3 is 0 Å². The number of rotatable bonds is 8. The molecular weight excluding hydrogens is 270 g/mol. The molecule has 22 heavy (non-hydrogen) atoms. The van der Waals surface area contributed by atoms with Gasteiger partial charge in [0.25, 0.3) is 12.1 Å². The Kier molecular flexibility index (Phi) is 7.39. The van der Waals surface area contributed by atoms with Gasteiger partial charge in [-0.05, 0) is 39.0 Å². The van der Waals surface area contributed by atoms with E-state index in [-0.39, 0.29) is 11.5 Å². The van der Waals surface area contributed by atoms with Crippen molar-refractivity contribution in [2.45, 2.75) is 105 Å². The van der Waals surface area contributed by atoms with Crippen LogP contribution in [0.15, 0.2) is 0 Å². The Bertz CT molecular complexity index is 392. The van der Waals surface area contributed by atoms with Gasteiger partial charge in [0.1, 0.15) is 0 Å². The van der Waals surface area contributed by atoms with Crippen molar-refractivity contribution in [3.05, 3.63) is 4.85 Å². The summed E-state index contributed by atoms with van der Waals surface area (Å²) in [6.45, 7) is 13.2. The monoisotopic (exact) mass is 308 g/mol. The maximum absolute atomic E-state index is 10.7. The van der Waals surface area contributed by atoms with Gasteiger partial charge in [0.15, 0.2) is 0 Å². The fourth-order valence-corrected chi connectivity index (χ4v) is 3.89. The van der Waals surface area contributed by atoms with Gasteiger partial charge in [-0.15, -0.1) is 0 Å². The van der Waals surface area contributed by atoms with Crippen LogP contribution >= 0.6 is 0 Å². The van der Waals surface area contributed by atoms with Crippen LogP contribution < -0.4 is 0 Å². The second-order valence-corrected chi connectivity index (χ2v) is 7.83. The van der Waals surface area contributed by atoms with Crippen LogP contribution in [0.5, 0.6) is 0 Å². The zero-order chi connectivity index (χ0) is 16.8. The minimum atomic E-state index is -0.582. The van der Waals surface area contributed by atoms with E-state index in [2.05, 4.69) is 40.7 Å². The molecule has 0 amide bonds. The first-order valence-corrected chi connectivity index (χ1v) is 9.51. The molecule has 1 aliphatic carbocycles. The molecule has 0 aromatic carbocycles. The van der Waals surface area contributed by atoms with Crippen LogP contribution in [-0.2, 0) is 0 Å². The lowest BCUT2D eigenvalue weighted by Crippen LogP contribution is -2.65. The molecule has 2 heteroatoms. The first-order valence-electron chi connectivity index (χ1n) is 9.51. The van der Waals surface area contributed by atoms with Gasteiger partial charge < -0.3 is 5.11 Å². The topological polar surface area (TPSA) is 24.6 Å². The summed E-state index contributed by atoms with van der Waals surface area (Å²) in [5, 5.41) is 10.7. The Hall–Kier alpha value is -0.550. The molecule has 0 radical (unpaired) electrons. The summed E-state index contributed by atoms with van der Waals surface area (Å²) in [4.78, 5) is 4.82. The summed E-state index contributed by atoms with van der Waals surface area (Å²) < 4.78 is 0. The molecule has 0 aromatic heterocycles. The third kappa shape index (κ3) is 4.05. The van der Waals surface area contributed by atoms with Crippen LogP contribution in [0.4, 0.5) is 0 Å². The highest BCUT2D eigenvalue weighted by molar-refractivity contribution is 5.20. The predicted molar refractivity (Wildman–Crippen MR) is 96.4 cm³/mol. The van der Waals surface area contributed by atoms with Crippen LogP contribution in [0.25, 0.3) is 4.85 Å². The minimum absolute atomic E-state index is 0.0990. The number of nitrogens with zero attached hydrogens (tertiary/aromatic N) is 1. The van der Waals surface area contributed by atoms with Crippen LogP contribution in [0.3, 0.4) is 0 Å². The van der Waals surface area contributed by atoms with E-state index < -0.39 is 5.60 Å². The fraction of sp³-hybridized carbons (Fsp3) is 0.950. The summed E-state index contributed by atoms with van der Waals surface area (Å²) in [6, 6.07) is 3.66. The molecular formula is C20H38NO+. The SMILES string of the molecule is CCCCC(C#[N+]C1CC(C)(O)C1(C)C(C)CCCC)CC. The van der Waals surface area contributed by atoms with E-state index in [1.165, 1.54) is 38.5 Å². The number of unbranched alkanes of at least 4 members (excludes halogenated alkanes) is 2. The van der Waals surface area contributed by atoms with E-state index in [0.29, 0.717) is 11.8 Å². The van der Waals surface area contributed by atoms with Crippen LogP contribution in [0, 0.1) is 23.3 Å². The minimum Gasteiger partial charge on any atom is -0.389 e. The molecule has 5 atom stereocenters. The maximum atomic E-state index is 10.7. The molecule has 0 spiro atoms. The molecule has 1 fully saturated rings. The molecule has 2 nitrogen and oxygen atoms in total. The van der Waals surface area contributed by atoms with Crippen molar-refractivity contribution < 1.29 is 5.11 Å². The number of aliphatic hydroxyl groups is 1. The fourth-order valence-electron chi connectivity index (χ4n) is 3.89. The van der Waals surface area contributed by atoms with E-state index in [1.54, 1.807) is 0 Å². The maximum Gasteiger partial charge on any atom is 0.283 e. The Morgan fingerprint density at radius 1 is 1.14 bits per heavy atom. The number of hydrogen-bond donors (Lipinski definition) is 1. The number of hydrogen-bond acceptors (Lipinski definition) is 1. The van der Waals surface area contributed by atoms with Crippen molar-refractivity contribution in [2.75, 3.05) is 0 Å². The third-order valence-electron chi connectivity index (χ3n) is 6.27. The van der Waals surface area contributed by atoms with Crippen LogP contribution in [0.2, 0.25) is 0 Å². The highest BCUT2D eigenvalue weighted by Gasteiger charge is 2.68. The highest BCUT2D eigenvalue weighted by atomic mass is 16.3. The third-order valence-corrected chi connectivity index (χ3v) is 6.27. The second-order valence-electron chi connectivity index (χ2n) is 7.83. The molecule has 0 heterocycles. The average molecular weight is 309 g/mol. The van der Waals surface area contributed by atoms with E-state index >= 15 is 0 Å². The Morgan fingerprint density at radius 2 is 1.73 bits per heavy atom. The Labute approximate surface area is 138 Å². The smallest absolute Gasteiger partial charge is 0.283 e. The Balaban J connectivity index is 2.78. The lowest BCUT2D eigenvalue weighted by molar-refractivity contribution is -0.176. The molecule has 0 aromatic rings. The van der Waals surface area contributed by atoms with Gasteiger partial charge in [-0.25, -0.2) is 0 Å². The van der Waals surface area contributed by atoms with E-state index in [0.717, 1.165) is 12.8 Å². The molecule has 0 aliphatic heterocycles. The predicted octanol–water partition coefficient (Wildman–Crippen LogP) is 5.89. The first-order chi connectivity index (χ1) is 10.3. The summed E-state index contributed by atoms with van der Waals surface area (Å²) in [5.41, 5.74) is -0.681. The van der Waals surface area contributed by atoms with Gasteiger partial charge in [-0.3, -0.25) is 0 Å². The molecule has 0 saturated heterocycles. The van der Waals surface area contributed by atoms with Crippen molar-refractivity contribution in [3.8, 4) is 6.07 Å². The summed E-state index contributed by atoms with van der Waals surface area (Å²) >= 11 is 0. The highest BCUT2D eigenvalue weighted by Crippen LogP contribution is 2.57. The standard InChI is InChI=1S/C20H38NO/c1-7-10-12-16(4)20(6)18(14-19(20,5)22)21-15-17(9-3)13-11-8-2/h16-18,22H,7-14H2,1-6H3/q+1. The van der Waals surface area contributed by atoms with Gasteiger partial charge in [0.05, 0.1) is 23.4 Å². The quantitative estimate of drug-likeness (QED) is 0.594. The summed E-state index contributed by atoms with van der Waals surface area (Å²) in [7, 11) is 0. The molecule has 5 unspecified atom stereocenters. The van der Waals surface area contributed by atoms with E-state index in [4.69, 9.17) is 4.85 Å². The first kappa shape index (κ1) is 19.5. The second kappa shape index (κ2) is 8.34. The largest absolute Gasteiger partial charge is 0.389 e. The molecule has 1 aliphatic rings. The normalized spacial score (nSPS) is 33.5. The van der Waals surface area contributed by atoms with Crippen molar-refractivity contribution >= 4 is 0 Å². The zero-order valence-electron chi connectivity index (χ0n) is 15.8. The van der Waals surface area contributed by atoms with Crippen molar-refractivity contribution in [1.29, 1.82) is 0 Å². The van der Waals surface area contributed by atoms with Crippen molar-refractivity contribution in [2.24, 2.45) is 17.3 Å². The van der Waals surface area contributed by atoms with Crippen LogP contribution in [-0.4, -0.2) is 16.7 Å². The van der Waals surface area contributed by atoms with Gasteiger partial charge in [-0.1, -0.05) is 58.2 Å². The molecule has 0 bridgehead atoms. The summed E-state index contributed by atoms with van der Waals surface area (Å²) in [5.74, 6) is 0.989. The molecule has 1 rings (SSSR count). The lowest BCUT2D eigenvalue weighted by Gasteiger charge is -2.54. The lowest BCUT2D eigenvalue weighted by atomic mass is 9.49. The van der Waals surface area contributed by atoms with Crippen molar-refractivity contribution in [1.82, 2.24) is 0 Å². The van der Waals surface area contributed by atoms with E-state index in [1.807, 2.05) is 6.92 Å². The van der Waals surface area contributed by atoms with Gasteiger partial charge in [0, 0.05) is 0 Å². The van der Waals surface area contributed by atoms with Crippen LogP contribution in [0.1, 0.15) is 92.9 Å². The van der Waals surface area contributed by atoms with Gasteiger partial charge in [-0.2, -0.15) is 0 Å². The Morgan fingerprint density at radius 3 is 2.23 bits per heavy atom.